The molecule has 2 aromatic carbocycles. The summed E-state index contributed by atoms with van der Waals surface area (Å²) in [6, 6.07) is 18.2. The van der Waals surface area contributed by atoms with Gasteiger partial charge in [-0.05, 0) is 11.6 Å². The van der Waals surface area contributed by atoms with Crippen molar-refractivity contribution in [2.45, 2.75) is 6.54 Å². The molecular weight excluding hydrogens is 350 g/mol. The van der Waals surface area contributed by atoms with Crippen molar-refractivity contribution in [3.63, 3.8) is 0 Å². The van der Waals surface area contributed by atoms with E-state index in [4.69, 9.17) is 4.74 Å². The molecule has 1 heterocycles. The molecule has 0 aliphatic carbocycles. The van der Waals surface area contributed by atoms with Crippen molar-refractivity contribution in [2.75, 3.05) is 46.4 Å². The second-order valence-corrected chi connectivity index (χ2v) is 6.91. The number of hydrogen-bond donors (Lipinski definition) is 1. The zero-order valence-corrected chi connectivity index (χ0v) is 16.5. The molecule has 0 bridgehead atoms. The summed E-state index contributed by atoms with van der Waals surface area (Å²) in [5.41, 5.74) is 2.28. The molecule has 1 aliphatic rings. The Hall–Kier alpha value is -2.63. The van der Waals surface area contributed by atoms with Crippen LogP contribution in [0.3, 0.4) is 0 Å². The van der Waals surface area contributed by atoms with Gasteiger partial charge in [0.2, 0.25) is 5.91 Å². The van der Waals surface area contributed by atoms with E-state index >= 15 is 0 Å². The van der Waals surface area contributed by atoms with Gasteiger partial charge in [-0.1, -0.05) is 60.7 Å². The van der Waals surface area contributed by atoms with Gasteiger partial charge in [0.25, 0.3) is 0 Å². The largest absolute Gasteiger partial charge is 0.496 e. The molecule has 2 aromatic rings. The highest BCUT2D eigenvalue weighted by atomic mass is 16.5. The first-order valence-electron chi connectivity index (χ1n) is 9.80. The molecule has 0 saturated carbocycles. The zero-order chi connectivity index (χ0) is 19.6. The molecule has 28 heavy (non-hydrogen) atoms. The van der Waals surface area contributed by atoms with Gasteiger partial charge < -0.3 is 15.0 Å². The van der Waals surface area contributed by atoms with Crippen molar-refractivity contribution < 1.29 is 9.53 Å². The number of amides is 1. The van der Waals surface area contributed by atoms with Crippen molar-refractivity contribution in [3.8, 4) is 5.75 Å². The standard InChI is InChI=1S/C23H29N3O2/c1-28-22-12-6-5-11-21(22)18-24-19-23(27)26-16-14-25(15-17-26)13-7-10-20-8-3-2-4-9-20/h2-12,24H,13-19H2,1H3/b10-7+. The van der Waals surface area contributed by atoms with Crippen LogP contribution in [0.15, 0.2) is 60.7 Å². The molecule has 3 rings (SSSR count). The fraction of sp³-hybridized carbons (Fsp3) is 0.348. The van der Waals surface area contributed by atoms with E-state index in [1.54, 1.807) is 7.11 Å². The number of nitrogens with one attached hydrogen (secondary N) is 1. The second kappa shape index (κ2) is 10.6. The summed E-state index contributed by atoms with van der Waals surface area (Å²) < 4.78 is 5.34. The number of carbonyl (C=O) groups excluding carboxylic acids is 1. The summed E-state index contributed by atoms with van der Waals surface area (Å²) in [4.78, 5) is 16.8. The number of piperazine rings is 1. The lowest BCUT2D eigenvalue weighted by atomic mass is 10.2. The molecule has 0 unspecified atom stereocenters. The predicted octanol–water partition coefficient (Wildman–Crippen LogP) is 2.64. The minimum absolute atomic E-state index is 0.161. The Morgan fingerprint density at radius 3 is 2.50 bits per heavy atom. The smallest absolute Gasteiger partial charge is 0.236 e. The van der Waals surface area contributed by atoms with Gasteiger partial charge in [-0.2, -0.15) is 0 Å². The highest BCUT2D eigenvalue weighted by Crippen LogP contribution is 2.16. The van der Waals surface area contributed by atoms with Crippen LogP contribution in [-0.4, -0.2) is 62.1 Å². The maximum absolute atomic E-state index is 12.4. The molecular formula is C23H29N3O2. The number of benzene rings is 2. The summed E-state index contributed by atoms with van der Waals surface area (Å²) >= 11 is 0. The first kappa shape index (κ1) is 20.1. The minimum Gasteiger partial charge on any atom is -0.496 e. The van der Waals surface area contributed by atoms with Gasteiger partial charge in [0, 0.05) is 44.8 Å². The van der Waals surface area contributed by atoms with E-state index in [1.807, 2.05) is 47.4 Å². The zero-order valence-electron chi connectivity index (χ0n) is 16.5. The van der Waals surface area contributed by atoms with E-state index in [1.165, 1.54) is 5.56 Å². The van der Waals surface area contributed by atoms with Crippen LogP contribution in [0.1, 0.15) is 11.1 Å². The highest BCUT2D eigenvalue weighted by molar-refractivity contribution is 5.78. The Morgan fingerprint density at radius 1 is 1.04 bits per heavy atom. The normalized spacial score (nSPS) is 15.1. The lowest BCUT2D eigenvalue weighted by Crippen LogP contribution is -2.50. The van der Waals surface area contributed by atoms with E-state index in [0.29, 0.717) is 13.1 Å². The summed E-state index contributed by atoms with van der Waals surface area (Å²) in [5.74, 6) is 1.01. The Morgan fingerprint density at radius 2 is 1.75 bits per heavy atom. The van der Waals surface area contributed by atoms with Crippen LogP contribution < -0.4 is 10.1 Å². The average molecular weight is 380 g/mol. The van der Waals surface area contributed by atoms with Crippen molar-refractivity contribution in [3.05, 3.63) is 71.8 Å². The Labute approximate surface area is 167 Å². The summed E-state index contributed by atoms with van der Waals surface area (Å²) in [7, 11) is 1.67. The van der Waals surface area contributed by atoms with Crippen molar-refractivity contribution >= 4 is 12.0 Å². The monoisotopic (exact) mass is 379 g/mol. The molecule has 0 radical (unpaired) electrons. The van der Waals surface area contributed by atoms with Crippen LogP contribution in [0, 0.1) is 0 Å². The topological polar surface area (TPSA) is 44.8 Å². The van der Waals surface area contributed by atoms with Crippen LogP contribution in [-0.2, 0) is 11.3 Å². The highest BCUT2D eigenvalue weighted by Gasteiger charge is 2.20. The molecule has 1 fully saturated rings. The van der Waals surface area contributed by atoms with Gasteiger partial charge in [-0.25, -0.2) is 0 Å². The Balaban J connectivity index is 1.36. The van der Waals surface area contributed by atoms with Crippen LogP contribution in [0.4, 0.5) is 0 Å². The van der Waals surface area contributed by atoms with Crippen molar-refractivity contribution in [1.29, 1.82) is 0 Å². The van der Waals surface area contributed by atoms with Crippen molar-refractivity contribution in [1.82, 2.24) is 15.1 Å². The molecule has 148 valence electrons. The van der Waals surface area contributed by atoms with Crippen LogP contribution in [0.25, 0.3) is 6.08 Å². The number of hydrogen-bond acceptors (Lipinski definition) is 4. The maximum Gasteiger partial charge on any atom is 0.236 e. The molecule has 1 amide bonds. The number of nitrogens with zero attached hydrogens (tertiary/aromatic N) is 2. The Kier molecular flexibility index (Phi) is 7.64. The van der Waals surface area contributed by atoms with E-state index in [9.17, 15) is 4.79 Å². The molecule has 1 saturated heterocycles. The Bertz CT molecular complexity index is 768. The van der Waals surface area contributed by atoms with E-state index in [-0.39, 0.29) is 5.91 Å². The number of para-hydroxylation sites is 1. The SMILES string of the molecule is COc1ccccc1CNCC(=O)N1CCN(C/C=C/c2ccccc2)CC1. The molecule has 1 N–H and O–H groups in total. The van der Waals surface area contributed by atoms with Crippen LogP contribution in [0.5, 0.6) is 5.75 Å². The summed E-state index contributed by atoms with van der Waals surface area (Å²) in [6.07, 6.45) is 4.35. The van der Waals surface area contributed by atoms with E-state index in [0.717, 1.165) is 44.0 Å². The fourth-order valence-electron chi connectivity index (χ4n) is 3.35. The quantitative estimate of drug-likeness (QED) is 0.766. The van der Waals surface area contributed by atoms with Gasteiger partial charge >= 0.3 is 0 Å². The second-order valence-electron chi connectivity index (χ2n) is 6.91. The van der Waals surface area contributed by atoms with Gasteiger partial charge in [-0.3, -0.25) is 9.69 Å². The molecule has 5 heteroatoms. The number of rotatable bonds is 8. The average Bonchev–Trinajstić information content (AvgIpc) is 2.75. The van der Waals surface area contributed by atoms with Crippen molar-refractivity contribution in [2.24, 2.45) is 0 Å². The third-order valence-corrected chi connectivity index (χ3v) is 4.98. The molecule has 5 nitrogen and oxygen atoms in total. The third kappa shape index (κ3) is 5.94. The number of ether oxygens (including phenoxy) is 1. The first-order valence-corrected chi connectivity index (χ1v) is 9.80. The molecule has 1 aliphatic heterocycles. The molecule has 0 spiro atoms. The minimum atomic E-state index is 0.161. The van der Waals surface area contributed by atoms with Gasteiger partial charge in [0.15, 0.2) is 0 Å². The van der Waals surface area contributed by atoms with E-state index in [2.05, 4.69) is 34.5 Å². The van der Waals surface area contributed by atoms with Gasteiger partial charge in [-0.15, -0.1) is 0 Å². The maximum atomic E-state index is 12.4. The third-order valence-electron chi connectivity index (χ3n) is 4.98. The summed E-state index contributed by atoms with van der Waals surface area (Å²) in [6.45, 7) is 5.30. The number of methoxy groups -OCH3 is 1. The van der Waals surface area contributed by atoms with Crippen LogP contribution >= 0.6 is 0 Å². The fourth-order valence-corrected chi connectivity index (χ4v) is 3.35. The lowest BCUT2D eigenvalue weighted by molar-refractivity contribution is -0.131. The molecule has 0 aromatic heterocycles. The van der Waals surface area contributed by atoms with E-state index < -0.39 is 0 Å². The summed E-state index contributed by atoms with van der Waals surface area (Å²) in [5, 5.41) is 3.24. The molecule has 0 atom stereocenters. The lowest BCUT2D eigenvalue weighted by Gasteiger charge is -2.34. The van der Waals surface area contributed by atoms with Gasteiger partial charge in [0.1, 0.15) is 5.75 Å². The predicted molar refractivity (Wildman–Crippen MR) is 113 cm³/mol. The first-order chi connectivity index (χ1) is 13.8. The van der Waals surface area contributed by atoms with Crippen LogP contribution in [0.2, 0.25) is 0 Å². The number of carbonyl (C=O) groups is 1. The van der Waals surface area contributed by atoms with Gasteiger partial charge in [0.05, 0.1) is 13.7 Å².